The first-order valence-corrected chi connectivity index (χ1v) is 9.10. The molecule has 0 saturated carbocycles. The van der Waals surface area contributed by atoms with Gasteiger partial charge in [-0.2, -0.15) is 0 Å². The van der Waals surface area contributed by atoms with Gasteiger partial charge < -0.3 is 5.32 Å². The van der Waals surface area contributed by atoms with Crippen LogP contribution in [0, 0.1) is 12.7 Å². The van der Waals surface area contributed by atoms with Crippen LogP contribution in [0.2, 0.25) is 0 Å². The number of hydrogen-bond acceptors (Lipinski definition) is 3. The third-order valence-corrected chi connectivity index (χ3v) is 5.00. The second-order valence-corrected chi connectivity index (χ2v) is 7.08. The molecule has 0 saturated heterocycles. The molecule has 0 unspecified atom stereocenters. The van der Waals surface area contributed by atoms with Crippen LogP contribution >= 0.6 is 11.8 Å². The van der Waals surface area contributed by atoms with Gasteiger partial charge in [-0.1, -0.05) is 41.6 Å². The number of hydrogen-bond donors (Lipinski definition) is 1. The molecule has 0 aliphatic rings. The van der Waals surface area contributed by atoms with E-state index in [1.807, 2.05) is 38.1 Å². The number of aryl methyl sites for hydroxylation is 1. The summed E-state index contributed by atoms with van der Waals surface area (Å²) < 4.78 is 13.1. The highest BCUT2D eigenvalue weighted by molar-refractivity contribution is 7.99. The summed E-state index contributed by atoms with van der Waals surface area (Å²) in [4.78, 5) is 18.1. The van der Waals surface area contributed by atoms with Crippen molar-refractivity contribution < 1.29 is 9.18 Å². The standard InChI is InChI=1S/C21H19FN2OS/c1-14-5-11-18(12-6-14)26-21-19(4-3-13-23-21)20(25)24-15(2)16-7-9-17(22)10-8-16/h3-13,15H,1-2H3,(H,24,25)/t15-/m1/s1. The molecule has 0 aliphatic carbocycles. The number of benzene rings is 2. The minimum atomic E-state index is -0.295. The van der Waals surface area contributed by atoms with Gasteiger partial charge in [0, 0.05) is 11.1 Å². The average Bonchev–Trinajstić information content (AvgIpc) is 2.64. The summed E-state index contributed by atoms with van der Waals surface area (Å²) in [5.41, 5.74) is 2.55. The van der Waals surface area contributed by atoms with Crippen LogP contribution in [0.5, 0.6) is 0 Å². The van der Waals surface area contributed by atoms with Gasteiger partial charge in [-0.3, -0.25) is 4.79 Å². The maximum absolute atomic E-state index is 13.1. The zero-order valence-electron chi connectivity index (χ0n) is 14.6. The van der Waals surface area contributed by atoms with E-state index in [4.69, 9.17) is 0 Å². The third-order valence-electron chi connectivity index (χ3n) is 3.97. The van der Waals surface area contributed by atoms with E-state index in [0.29, 0.717) is 10.6 Å². The van der Waals surface area contributed by atoms with E-state index in [9.17, 15) is 9.18 Å². The summed E-state index contributed by atoms with van der Waals surface area (Å²) in [6.07, 6.45) is 1.68. The van der Waals surface area contributed by atoms with Crippen LogP contribution in [0.15, 0.2) is 76.8 Å². The van der Waals surface area contributed by atoms with Gasteiger partial charge in [0.05, 0.1) is 11.6 Å². The van der Waals surface area contributed by atoms with Gasteiger partial charge in [0.1, 0.15) is 10.8 Å². The number of halogens is 1. The van der Waals surface area contributed by atoms with Crippen molar-refractivity contribution >= 4 is 17.7 Å². The molecule has 1 atom stereocenters. The fourth-order valence-corrected chi connectivity index (χ4v) is 3.35. The van der Waals surface area contributed by atoms with Gasteiger partial charge in [0.2, 0.25) is 0 Å². The fraction of sp³-hybridized carbons (Fsp3) is 0.143. The quantitative estimate of drug-likeness (QED) is 0.677. The Morgan fingerprint density at radius 2 is 1.77 bits per heavy atom. The van der Waals surface area contributed by atoms with Gasteiger partial charge in [0.15, 0.2) is 0 Å². The summed E-state index contributed by atoms with van der Waals surface area (Å²) in [6, 6.07) is 17.5. The molecule has 1 heterocycles. The topological polar surface area (TPSA) is 42.0 Å². The van der Waals surface area contributed by atoms with Crippen molar-refractivity contribution in [3.63, 3.8) is 0 Å². The molecule has 1 N–H and O–H groups in total. The number of carbonyl (C=O) groups excluding carboxylic acids is 1. The summed E-state index contributed by atoms with van der Waals surface area (Å²) in [6.45, 7) is 3.90. The molecule has 0 aliphatic heterocycles. The molecular weight excluding hydrogens is 347 g/mol. The van der Waals surface area contributed by atoms with Crippen LogP contribution in [-0.4, -0.2) is 10.9 Å². The molecule has 1 aromatic heterocycles. The van der Waals surface area contributed by atoms with Gasteiger partial charge >= 0.3 is 0 Å². The van der Waals surface area contributed by atoms with Crippen molar-refractivity contribution in [2.45, 2.75) is 29.8 Å². The zero-order valence-corrected chi connectivity index (χ0v) is 15.4. The van der Waals surface area contributed by atoms with E-state index in [-0.39, 0.29) is 17.8 Å². The van der Waals surface area contributed by atoms with Crippen molar-refractivity contribution in [1.82, 2.24) is 10.3 Å². The third kappa shape index (κ3) is 4.49. The van der Waals surface area contributed by atoms with E-state index in [1.165, 1.54) is 29.5 Å². The molecule has 0 bridgehead atoms. The Morgan fingerprint density at radius 3 is 2.46 bits per heavy atom. The number of aromatic nitrogens is 1. The van der Waals surface area contributed by atoms with Gasteiger partial charge in [-0.05, 0) is 55.8 Å². The highest BCUT2D eigenvalue weighted by Crippen LogP contribution is 2.29. The van der Waals surface area contributed by atoms with Crippen LogP contribution in [0.25, 0.3) is 0 Å². The molecule has 0 radical (unpaired) electrons. The summed E-state index contributed by atoms with van der Waals surface area (Å²) in [5.74, 6) is -0.499. The SMILES string of the molecule is Cc1ccc(Sc2ncccc2C(=O)N[C@H](C)c2ccc(F)cc2)cc1. The second-order valence-electron chi connectivity index (χ2n) is 6.02. The van der Waals surface area contributed by atoms with Crippen LogP contribution < -0.4 is 5.32 Å². The lowest BCUT2D eigenvalue weighted by Gasteiger charge is -2.15. The lowest BCUT2D eigenvalue weighted by molar-refractivity contribution is 0.0936. The Balaban J connectivity index is 1.77. The lowest BCUT2D eigenvalue weighted by Crippen LogP contribution is -2.27. The molecule has 1 amide bonds. The second kappa shape index (κ2) is 8.15. The van der Waals surface area contributed by atoms with Crippen LogP contribution in [-0.2, 0) is 0 Å². The van der Waals surface area contributed by atoms with Crippen molar-refractivity contribution in [2.24, 2.45) is 0 Å². The number of rotatable bonds is 5. The van der Waals surface area contributed by atoms with E-state index in [2.05, 4.69) is 10.3 Å². The summed E-state index contributed by atoms with van der Waals surface area (Å²) >= 11 is 1.45. The van der Waals surface area contributed by atoms with Crippen molar-refractivity contribution in [3.05, 3.63) is 89.4 Å². The number of carbonyl (C=O) groups is 1. The molecule has 3 rings (SSSR count). The van der Waals surface area contributed by atoms with E-state index >= 15 is 0 Å². The largest absolute Gasteiger partial charge is 0.345 e. The predicted molar refractivity (Wildman–Crippen MR) is 102 cm³/mol. The molecule has 0 spiro atoms. The Bertz CT molecular complexity index is 895. The lowest BCUT2D eigenvalue weighted by atomic mass is 10.1. The molecular formula is C21H19FN2OS. The monoisotopic (exact) mass is 366 g/mol. The van der Waals surface area contributed by atoms with E-state index in [0.717, 1.165) is 10.5 Å². The van der Waals surface area contributed by atoms with E-state index < -0.39 is 0 Å². The number of amides is 1. The minimum Gasteiger partial charge on any atom is -0.345 e. The summed E-state index contributed by atoms with van der Waals surface area (Å²) in [5, 5.41) is 3.61. The maximum atomic E-state index is 13.1. The zero-order chi connectivity index (χ0) is 18.5. The maximum Gasteiger partial charge on any atom is 0.254 e. The number of nitrogens with one attached hydrogen (secondary N) is 1. The molecule has 0 fully saturated rings. The van der Waals surface area contributed by atoms with Gasteiger partial charge in [-0.15, -0.1) is 0 Å². The summed E-state index contributed by atoms with van der Waals surface area (Å²) in [7, 11) is 0. The smallest absolute Gasteiger partial charge is 0.254 e. The Labute approximate surface area is 156 Å². The number of pyridine rings is 1. The fourth-order valence-electron chi connectivity index (χ4n) is 2.47. The van der Waals surface area contributed by atoms with Crippen LogP contribution in [0.3, 0.4) is 0 Å². The van der Waals surface area contributed by atoms with Crippen LogP contribution in [0.1, 0.15) is 34.5 Å². The van der Waals surface area contributed by atoms with Gasteiger partial charge in [0.25, 0.3) is 5.91 Å². The molecule has 26 heavy (non-hydrogen) atoms. The van der Waals surface area contributed by atoms with Crippen molar-refractivity contribution in [2.75, 3.05) is 0 Å². The first-order chi connectivity index (χ1) is 12.5. The van der Waals surface area contributed by atoms with Crippen molar-refractivity contribution in [1.29, 1.82) is 0 Å². The highest BCUT2D eigenvalue weighted by Gasteiger charge is 2.16. The average molecular weight is 366 g/mol. The Hall–Kier alpha value is -2.66. The molecule has 5 heteroatoms. The molecule has 132 valence electrons. The highest BCUT2D eigenvalue weighted by atomic mass is 32.2. The molecule has 2 aromatic carbocycles. The predicted octanol–water partition coefficient (Wildman–Crippen LogP) is 5.17. The van der Waals surface area contributed by atoms with Crippen molar-refractivity contribution in [3.8, 4) is 0 Å². The van der Waals surface area contributed by atoms with Crippen LogP contribution in [0.4, 0.5) is 4.39 Å². The van der Waals surface area contributed by atoms with E-state index in [1.54, 1.807) is 30.5 Å². The Kier molecular flexibility index (Phi) is 5.68. The molecule has 3 nitrogen and oxygen atoms in total. The number of nitrogens with zero attached hydrogens (tertiary/aromatic N) is 1. The Morgan fingerprint density at radius 1 is 1.08 bits per heavy atom. The first kappa shape index (κ1) is 18.1. The normalized spacial score (nSPS) is 11.8. The minimum absolute atomic E-state index is 0.204. The molecule has 3 aromatic rings. The van der Waals surface area contributed by atoms with Gasteiger partial charge in [-0.25, -0.2) is 9.37 Å². The first-order valence-electron chi connectivity index (χ1n) is 8.29.